The minimum Gasteiger partial charge on any atom is -0.440 e. The van der Waals surface area contributed by atoms with Crippen LogP contribution in [0, 0.1) is 0 Å². The van der Waals surface area contributed by atoms with Crippen molar-refractivity contribution >= 4 is 40.2 Å². The molecule has 2 heterocycles. The highest BCUT2D eigenvalue weighted by Gasteiger charge is 2.28. The number of para-hydroxylation sites is 2. The van der Waals surface area contributed by atoms with E-state index in [1.165, 1.54) is 13.8 Å². The van der Waals surface area contributed by atoms with E-state index in [0.717, 1.165) is 23.9 Å². The fourth-order valence-electron chi connectivity index (χ4n) is 3.88. The number of anilines is 2. The minimum atomic E-state index is -0.252. The zero-order valence-corrected chi connectivity index (χ0v) is 17.5. The van der Waals surface area contributed by atoms with Gasteiger partial charge in [-0.05, 0) is 43.2 Å². The maximum Gasteiger partial charge on any atom is 0.254 e. The summed E-state index contributed by atoms with van der Waals surface area (Å²) in [4.78, 5) is 42.4. The monoisotopic (exact) mass is 420 g/mol. The third kappa shape index (κ3) is 4.74. The van der Waals surface area contributed by atoms with Crippen LogP contribution in [-0.2, 0) is 9.59 Å². The van der Waals surface area contributed by atoms with Gasteiger partial charge in [-0.25, -0.2) is 4.98 Å². The van der Waals surface area contributed by atoms with Crippen molar-refractivity contribution in [1.29, 1.82) is 0 Å². The molecule has 4 rings (SSSR count). The van der Waals surface area contributed by atoms with Gasteiger partial charge in [0.15, 0.2) is 11.5 Å². The van der Waals surface area contributed by atoms with Crippen molar-refractivity contribution in [3.05, 3.63) is 53.9 Å². The van der Waals surface area contributed by atoms with Gasteiger partial charge in [-0.1, -0.05) is 12.1 Å². The first-order valence-electron chi connectivity index (χ1n) is 10.2. The smallest absolute Gasteiger partial charge is 0.254 e. The first kappa shape index (κ1) is 20.6. The van der Waals surface area contributed by atoms with Crippen LogP contribution in [-0.4, -0.2) is 40.7 Å². The molecule has 3 amide bonds. The second-order valence-corrected chi connectivity index (χ2v) is 7.75. The lowest BCUT2D eigenvalue weighted by atomic mass is 9.96. The van der Waals surface area contributed by atoms with Gasteiger partial charge in [-0.15, -0.1) is 0 Å². The summed E-state index contributed by atoms with van der Waals surface area (Å²) in [6, 6.07) is 12.6. The Morgan fingerprint density at radius 1 is 0.968 bits per heavy atom. The minimum absolute atomic E-state index is 0.144. The molecule has 1 fully saturated rings. The highest BCUT2D eigenvalue weighted by Crippen LogP contribution is 2.31. The second kappa shape index (κ2) is 8.59. The molecule has 1 aromatic heterocycles. The molecule has 0 spiro atoms. The number of benzene rings is 2. The number of likely N-dealkylation sites (tertiary alicyclic amines) is 1. The lowest BCUT2D eigenvalue weighted by Crippen LogP contribution is -2.38. The number of oxazole rings is 1. The Morgan fingerprint density at radius 3 is 2.16 bits per heavy atom. The van der Waals surface area contributed by atoms with Gasteiger partial charge in [0, 0.05) is 49.8 Å². The van der Waals surface area contributed by atoms with Crippen LogP contribution in [0.15, 0.2) is 46.9 Å². The molecule has 0 aliphatic carbocycles. The zero-order chi connectivity index (χ0) is 22.0. The van der Waals surface area contributed by atoms with Gasteiger partial charge >= 0.3 is 0 Å². The number of aromatic nitrogens is 1. The number of rotatable bonds is 4. The van der Waals surface area contributed by atoms with Gasteiger partial charge in [0.2, 0.25) is 11.8 Å². The average molecular weight is 420 g/mol. The molecule has 0 saturated carbocycles. The number of nitrogens with zero attached hydrogens (tertiary/aromatic N) is 2. The fraction of sp³-hybridized carbons (Fsp3) is 0.304. The Bertz CT molecular complexity index is 1080. The molecule has 0 atom stereocenters. The highest BCUT2D eigenvalue weighted by molar-refractivity contribution is 6.00. The van der Waals surface area contributed by atoms with Gasteiger partial charge in [-0.3, -0.25) is 14.4 Å². The third-order valence-electron chi connectivity index (χ3n) is 5.26. The molecule has 8 heteroatoms. The Labute approximate surface area is 179 Å². The number of piperidine rings is 1. The maximum absolute atomic E-state index is 13.1. The number of carbonyl (C=O) groups is 3. The Morgan fingerprint density at radius 2 is 1.58 bits per heavy atom. The number of hydrogen-bond donors (Lipinski definition) is 2. The highest BCUT2D eigenvalue weighted by atomic mass is 16.3. The van der Waals surface area contributed by atoms with Crippen molar-refractivity contribution in [2.24, 2.45) is 0 Å². The third-order valence-corrected chi connectivity index (χ3v) is 5.26. The summed E-state index contributed by atoms with van der Waals surface area (Å²) >= 11 is 0. The Kier molecular flexibility index (Phi) is 5.70. The van der Waals surface area contributed by atoms with E-state index in [-0.39, 0.29) is 23.6 Å². The average Bonchev–Trinajstić information content (AvgIpc) is 3.16. The number of amides is 3. The van der Waals surface area contributed by atoms with Crippen molar-refractivity contribution in [1.82, 2.24) is 9.88 Å². The first-order chi connectivity index (χ1) is 14.9. The standard InChI is InChI=1S/C23H24N4O4/c1-14(28)24-18-11-17(12-19(13-18)25-15(2)29)23(30)27-9-7-16(8-10-27)22-26-20-5-3-4-6-21(20)31-22/h3-6,11-13,16H,7-10H2,1-2H3,(H,24,28)(H,25,29). The number of fused-ring (bicyclic) bond motifs is 1. The van der Waals surface area contributed by atoms with Crippen molar-refractivity contribution in [2.45, 2.75) is 32.6 Å². The molecule has 160 valence electrons. The molecule has 0 radical (unpaired) electrons. The van der Waals surface area contributed by atoms with Crippen LogP contribution in [0.1, 0.15) is 48.9 Å². The molecule has 1 aliphatic rings. The van der Waals surface area contributed by atoms with E-state index in [0.29, 0.717) is 35.9 Å². The summed E-state index contributed by atoms with van der Waals surface area (Å²) in [6.07, 6.45) is 1.50. The molecule has 31 heavy (non-hydrogen) atoms. The quantitative estimate of drug-likeness (QED) is 0.669. The van der Waals surface area contributed by atoms with Crippen LogP contribution in [0.25, 0.3) is 11.1 Å². The van der Waals surface area contributed by atoms with Crippen LogP contribution < -0.4 is 10.6 Å². The number of nitrogens with one attached hydrogen (secondary N) is 2. The summed E-state index contributed by atoms with van der Waals surface area (Å²) in [5.74, 6) is 0.232. The van der Waals surface area contributed by atoms with Crippen molar-refractivity contribution in [3.63, 3.8) is 0 Å². The molecular weight excluding hydrogens is 396 g/mol. The lowest BCUT2D eigenvalue weighted by Gasteiger charge is -2.31. The van der Waals surface area contributed by atoms with Crippen molar-refractivity contribution < 1.29 is 18.8 Å². The summed E-state index contributed by atoms with van der Waals surface area (Å²) in [5.41, 5.74) is 2.95. The van der Waals surface area contributed by atoms with Crippen LogP contribution >= 0.6 is 0 Å². The molecule has 0 bridgehead atoms. The van der Waals surface area contributed by atoms with E-state index in [1.54, 1.807) is 23.1 Å². The molecule has 1 aliphatic heterocycles. The number of carbonyl (C=O) groups excluding carboxylic acids is 3. The summed E-state index contributed by atoms with van der Waals surface area (Å²) in [6.45, 7) is 3.93. The summed E-state index contributed by atoms with van der Waals surface area (Å²) < 4.78 is 5.90. The second-order valence-electron chi connectivity index (χ2n) is 7.75. The van der Waals surface area contributed by atoms with E-state index in [2.05, 4.69) is 15.6 Å². The largest absolute Gasteiger partial charge is 0.440 e. The first-order valence-corrected chi connectivity index (χ1v) is 10.2. The van der Waals surface area contributed by atoms with E-state index < -0.39 is 0 Å². The molecule has 0 unspecified atom stereocenters. The van der Waals surface area contributed by atoms with Crippen molar-refractivity contribution in [2.75, 3.05) is 23.7 Å². The van der Waals surface area contributed by atoms with Crippen molar-refractivity contribution in [3.8, 4) is 0 Å². The van der Waals surface area contributed by atoms with Gasteiger partial charge < -0.3 is 20.0 Å². The van der Waals surface area contributed by atoms with E-state index in [1.807, 2.05) is 24.3 Å². The van der Waals surface area contributed by atoms with Gasteiger partial charge in [0.05, 0.1) is 0 Å². The van der Waals surface area contributed by atoms with Gasteiger partial charge in [-0.2, -0.15) is 0 Å². The van der Waals surface area contributed by atoms with Crippen LogP contribution in [0.3, 0.4) is 0 Å². The number of hydrogen-bond acceptors (Lipinski definition) is 5. The Hall–Kier alpha value is -3.68. The molecule has 3 aromatic rings. The molecule has 1 saturated heterocycles. The molecule has 2 aromatic carbocycles. The van der Waals surface area contributed by atoms with Crippen LogP contribution in [0.2, 0.25) is 0 Å². The molecule has 8 nitrogen and oxygen atoms in total. The zero-order valence-electron chi connectivity index (χ0n) is 17.5. The van der Waals surface area contributed by atoms with Crippen LogP contribution in [0.5, 0.6) is 0 Å². The molecular formula is C23H24N4O4. The van der Waals surface area contributed by atoms with E-state index in [4.69, 9.17) is 4.42 Å². The Balaban J connectivity index is 1.48. The predicted octanol–water partition coefficient (Wildman–Crippen LogP) is 3.76. The maximum atomic E-state index is 13.1. The summed E-state index contributed by atoms with van der Waals surface area (Å²) in [7, 11) is 0. The van der Waals surface area contributed by atoms with Gasteiger partial charge in [0.25, 0.3) is 5.91 Å². The topological polar surface area (TPSA) is 105 Å². The predicted molar refractivity (Wildman–Crippen MR) is 117 cm³/mol. The van der Waals surface area contributed by atoms with Gasteiger partial charge in [0.1, 0.15) is 5.52 Å². The van der Waals surface area contributed by atoms with E-state index in [9.17, 15) is 14.4 Å². The normalized spacial score (nSPS) is 14.5. The SMILES string of the molecule is CC(=O)Nc1cc(NC(C)=O)cc(C(=O)N2CCC(c3nc4ccccc4o3)CC2)c1. The summed E-state index contributed by atoms with van der Waals surface area (Å²) in [5, 5.41) is 5.35. The lowest BCUT2D eigenvalue weighted by molar-refractivity contribution is -0.115. The molecule has 2 N–H and O–H groups in total. The van der Waals surface area contributed by atoms with Crippen LogP contribution in [0.4, 0.5) is 11.4 Å². The van der Waals surface area contributed by atoms with E-state index >= 15 is 0 Å². The fourth-order valence-corrected chi connectivity index (χ4v) is 3.88.